The third kappa shape index (κ3) is 4.69. The van der Waals surface area contributed by atoms with Gasteiger partial charge in [-0.15, -0.1) is 0 Å². The Labute approximate surface area is 143 Å². The Bertz CT molecular complexity index is 696. The van der Waals surface area contributed by atoms with Crippen LogP contribution in [-0.2, 0) is 11.2 Å². The zero-order valence-electron chi connectivity index (χ0n) is 14.4. The number of aryl methyl sites for hydroxylation is 1. The number of benzene rings is 2. The van der Waals surface area contributed by atoms with Crippen LogP contribution in [0, 0.1) is 5.92 Å². The van der Waals surface area contributed by atoms with E-state index in [1.54, 1.807) is 24.3 Å². The van der Waals surface area contributed by atoms with E-state index in [2.05, 4.69) is 17.6 Å². The van der Waals surface area contributed by atoms with E-state index in [4.69, 9.17) is 0 Å². The second-order valence-electron chi connectivity index (χ2n) is 6.10. The van der Waals surface area contributed by atoms with Gasteiger partial charge in [-0.2, -0.15) is 0 Å². The summed E-state index contributed by atoms with van der Waals surface area (Å²) in [6, 6.07) is 16.1. The van der Waals surface area contributed by atoms with Gasteiger partial charge in [0.2, 0.25) is 5.91 Å². The molecule has 0 bridgehead atoms. The zero-order valence-corrected chi connectivity index (χ0v) is 14.4. The summed E-state index contributed by atoms with van der Waals surface area (Å²) in [5, 5.41) is 5.73. The number of carbonyl (C=O) groups excluding carboxylic acids is 2. The fraction of sp³-hybridized carbons (Fsp3) is 0.300. The average Bonchev–Trinajstić information content (AvgIpc) is 2.60. The van der Waals surface area contributed by atoms with Crippen LogP contribution in [0.15, 0.2) is 54.6 Å². The quantitative estimate of drug-likeness (QED) is 0.852. The lowest BCUT2D eigenvalue weighted by Gasteiger charge is -2.22. The summed E-state index contributed by atoms with van der Waals surface area (Å²) in [7, 11) is 0. The molecule has 126 valence electrons. The van der Waals surface area contributed by atoms with Gasteiger partial charge in [0.15, 0.2) is 0 Å². The molecule has 2 aromatic rings. The Hall–Kier alpha value is -2.62. The number of rotatable bonds is 6. The predicted molar refractivity (Wildman–Crippen MR) is 97.0 cm³/mol. The van der Waals surface area contributed by atoms with E-state index in [9.17, 15) is 9.59 Å². The van der Waals surface area contributed by atoms with Crippen molar-refractivity contribution in [1.82, 2.24) is 5.32 Å². The number of hydrogen-bond acceptors (Lipinski definition) is 2. The lowest BCUT2D eigenvalue weighted by Crippen LogP contribution is -2.47. The molecular formula is C20H24N2O2. The summed E-state index contributed by atoms with van der Waals surface area (Å²) in [6.07, 6.45) is 0.905. The molecule has 4 nitrogen and oxygen atoms in total. The van der Waals surface area contributed by atoms with Crippen molar-refractivity contribution in [2.45, 2.75) is 33.2 Å². The Morgan fingerprint density at radius 1 is 1.00 bits per heavy atom. The van der Waals surface area contributed by atoms with Crippen LogP contribution in [0.1, 0.15) is 36.7 Å². The van der Waals surface area contributed by atoms with Crippen LogP contribution in [0.2, 0.25) is 0 Å². The molecule has 1 atom stereocenters. The Morgan fingerprint density at radius 3 is 2.33 bits per heavy atom. The lowest BCUT2D eigenvalue weighted by molar-refractivity contribution is -0.118. The summed E-state index contributed by atoms with van der Waals surface area (Å²) in [4.78, 5) is 24.9. The number of carbonyl (C=O) groups is 2. The standard InChI is InChI=1S/C20H24N2O2/c1-4-15-9-8-12-17(13-15)21-20(24)18(14(2)3)22-19(23)16-10-6-5-7-11-16/h5-14,18H,4H2,1-3H3,(H,21,24)(H,22,23)/t18-/m1/s1. The molecule has 0 aliphatic rings. The van der Waals surface area contributed by atoms with Gasteiger partial charge in [-0.05, 0) is 42.2 Å². The van der Waals surface area contributed by atoms with Crippen LogP contribution < -0.4 is 10.6 Å². The van der Waals surface area contributed by atoms with Crippen molar-refractivity contribution in [1.29, 1.82) is 0 Å². The van der Waals surface area contributed by atoms with Gasteiger partial charge >= 0.3 is 0 Å². The monoisotopic (exact) mass is 324 g/mol. The van der Waals surface area contributed by atoms with Gasteiger partial charge in [-0.3, -0.25) is 9.59 Å². The minimum atomic E-state index is -0.594. The van der Waals surface area contributed by atoms with Gasteiger partial charge in [0.1, 0.15) is 6.04 Å². The maximum atomic E-state index is 12.6. The van der Waals surface area contributed by atoms with Gasteiger partial charge < -0.3 is 10.6 Å². The van der Waals surface area contributed by atoms with E-state index in [0.29, 0.717) is 5.56 Å². The molecule has 0 unspecified atom stereocenters. The first-order valence-corrected chi connectivity index (χ1v) is 8.27. The van der Waals surface area contributed by atoms with E-state index >= 15 is 0 Å². The molecule has 0 aliphatic carbocycles. The van der Waals surface area contributed by atoms with Crippen molar-refractivity contribution < 1.29 is 9.59 Å². The minimum absolute atomic E-state index is 0.0213. The van der Waals surface area contributed by atoms with Gasteiger partial charge in [0.25, 0.3) is 5.91 Å². The number of hydrogen-bond donors (Lipinski definition) is 2. The van der Waals surface area contributed by atoms with Crippen molar-refractivity contribution in [3.05, 3.63) is 65.7 Å². The molecule has 2 aromatic carbocycles. The molecule has 0 fully saturated rings. The smallest absolute Gasteiger partial charge is 0.251 e. The van der Waals surface area contributed by atoms with Crippen molar-refractivity contribution >= 4 is 17.5 Å². The number of anilines is 1. The first kappa shape index (κ1) is 17.7. The number of amides is 2. The fourth-order valence-corrected chi connectivity index (χ4v) is 2.44. The van der Waals surface area contributed by atoms with E-state index < -0.39 is 6.04 Å². The van der Waals surface area contributed by atoms with Gasteiger partial charge in [0.05, 0.1) is 0 Å². The highest BCUT2D eigenvalue weighted by Crippen LogP contribution is 2.13. The van der Waals surface area contributed by atoms with Gasteiger partial charge in [-0.1, -0.05) is 51.1 Å². The van der Waals surface area contributed by atoms with E-state index in [1.165, 1.54) is 0 Å². The molecule has 2 rings (SSSR count). The molecule has 0 spiro atoms. The normalized spacial score (nSPS) is 11.8. The van der Waals surface area contributed by atoms with Crippen LogP contribution >= 0.6 is 0 Å². The maximum absolute atomic E-state index is 12.6. The minimum Gasteiger partial charge on any atom is -0.340 e. The first-order chi connectivity index (χ1) is 11.5. The maximum Gasteiger partial charge on any atom is 0.251 e. The summed E-state index contributed by atoms with van der Waals surface area (Å²) in [5.41, 5.74) is 2.45. The van der Waals surface area contributed by atoms with Crippen LogP contribution in [-0.4, -0.2) is 17.9 Å². The Morgan fingerprint density at radius 2 is 1.71 bits per heavy atom. The molecule has 4 heteroatoms. The lowest BCUT2D eigenvalue weighted by atomic mass is 10.0. The third-order valence-corrected chi connectivity index (χ3v) is 3.87. The average molecular weight is 324 g/mol. The van der Waals surface area contributed by atoms with Crippen LogP contribution in [0.3, 0.4) is 0 Å². The number of nitrogens with one attached hydrogen (secondary N) is 2. The third-order valence-electron chi connectivity index (χ3n) is 3.87. The van der Waals surface area contributed by atoms with Gasteiger partial charge in [-0.25, -0.2) is 0 Å². The second-order valence-corrected chi connectivity index (χ2v) is 6.10. The van der Waals surface area contributed by atoms with Crippen molar-refractivity contribution in [3.8, 4) is 0 Å². The molecule has 24 heavy (non-hydrogen) atoms. The fourth-order valence-electron chi connectivity index (χ4n) is 2.44. The van der Waals surface area contributed by atoms with E-state index in [0.717, 1.165) is 17.7 Å². The molecule has 2 N–H and O–H groups in total. The summed E-state index contributed by atoms with van der Waals surface area (Å²) < 4.78 is 0. The highest BCUT2D eigenvalue weighted by atomic mass is 16.2. The molecule has 0 radical (unpaired) electrons. The largest absolute Gasteiger partial charge is 0.340 e. The van der Waals surface area contributed by atoms with Crippen molar-refractivity contribution in [2.75, 3.05) is 5.32 Å². The van der Waals surface area contributed by atoms with Crippen molar-refractivity contribution in [2.24, 2.45) is 5.92 Å². The predicted octanol–water partition coefficient (Wildman–Crippen LogP) is 3.64. The summed E-state index contributed by atoms with van der Waals surface area (Å²) in [6.45, 7) is 5.90. The molecular weight excluding hydrogens is 300 g/mol. The molecule has 0 heterocycles. The Balaban J connectivity index is 2.09. The van der Waals surface area contributed by atoms with E-state index in [-0.39, 0.29) is 17.7 Å². The highest BCUT2D eigenvalue weighted by Gasteiger charge is 2.24. The second kappa shape index (κ2) is 8.29. The molecule has 0 saturated heterocycles. The van der Waals surface area contributed by atoms with Gasteiger partial charge in [0, 0.05) is 11.3 Å². The zero-order chi connectivity index (χ0) is 17.5. The molecule has 0 aromatic heterocycles. The molecule has 0 saturated carbocycles. The SMILES string of the molecule is CCc1cccc(NC(=O)[C@H](NC(=O)c2ccccc2)C(C)C)c1. The van der Waals surface area contributed by atoms with Crippen LogP contribution in [0.4, 0.5) is 5.69 Å². The van der Waals surface area contributed by atoms with Crippen LogP contribution in [0.5, 0.6) is 0 Å². The topological polar surface area (TPSA) is 58.2 Å². The summed E-state index contributed by atoms with van der Waals surface area (Å²) in [5.74, 6) is -0.471. The van der Waals surface area contributed by atoms with Crippen molar-refractivity contribution in [3.63, 3.8) is 0 Å². The Kier molecular flexibility index (Phi) is 6.13. The molecule has 2 amide bonds. The molecule has 0 aliphatic heterocycles. The summed E-state index contributed by atoms with van der Waals surface area (Å²) >= 11 is 0. The highest BCUT2D eigenvalue weighted by molar-refractivity contribution is 6.01. The van der Waals surface area contributed by atoms with Crippen LogP contribution in [0.25, 0.3) is 0 Å². The van der Waals surface area contributed by atoms with E-state index in [1.807, 2.05) is 44.2 Å². The first-order valence-electron chi connectivity index (χ1n) is 8.27.